The number of imide groups is 1. The summed E-state index contributed by atoms with van der Waals surface area (Å²) < 4.78 is 3.11. The lowest BCUT2D eigenvalue weighted by Crippen LogP contribution is -2.44. The van der Waals surface area contributed by atoms with Gasteiger partial charge in [0.2, 0.25) is 17.7 Å². The topological polar surface area (TPSA) is 150 Å². The molecular weight excluding hydrogens is 853 g/mol. The van der Waals surface area contributed by atoms with Gasteiger partial charge in [0, 0.05) is 68.3 Å². The van der Waals surface area contributed by atoms with E-state index in [4.69, 9.17) is 0 Å². The fourth-order valence-electron chi connectivity index (χ4n) is 10.9. The summed E-state index contributed by atoms with van der Waals surface area (Å²) in [5.74, 6) is 7.23. The van der Waals surface area contributed by atoms with Crippen molar-refractivity contribution in [2.45, 2.75) is 109 Å². The second-order valence-electron chi connectivity index (χ2n) is 19.6. The number of carbonyl (C=O) groups excluding carboxylic acids is 4. The summed E-state index contributed by atoms with van der Waals surface area (Å²) >= 11 is 0. The Balaban J connectivity index is 0.697. The van der Waals surface area contributed by atoms with Gasteiger partial charge in [-0.05, 0) is 155 Å². The van der Waals surface area contributed by atoms with E-state index in [2.05, 4.69) is 93.5 Å². The molecule has 0 saturated carbocycles. The summed E-state index contributed by atoms with van der Waals surface area (Å²) in [6.07, 6.45) is 9.04. The van der Waals surface area contributed by atoms with Crippen LogP contribution in [0.4, 0.5) is 5.69 Å². The van der Waals surface area contributed by atoms with Crippen molar-refractivity contribution in [2.24, 2.45) is 13.0 Å². The lowest BCUT2D eigenvalue weighted by atomic mass is 9.89. The highest BCUT2D eigenvalue weighted by Gasteiger charge is 2.32. The van der Waals surface area contributed by atoms with Crippen molar-refractivity contribution in [2.75, 3.05) is 51.1 Å². The number of piperidine rings is 3. The number of hydrogen-bond donors (Lipinski definition) is 4. The minimum absolute atomic E-state index is 0.0746. The molecule has 9 rings (SSSR count). The first kappa shape index (κ1) is 46.9. The fourth-order valence-corrected chi connectivity index (χ4v) is 10.9. The van der Waals surface area contributed by atoms with Gasteiger partial charge in [-0.3, -0.25) is 33.6 Å². The van der Waals surface area contributed by atoms with Crippen LogP contribution in [0.5, 0.6) is 0 Å². The summed E-state index contributed by atoms with van der Waals surface area (Å²) in [6.45, 7) is 10.6. The molecule has 4 aromatic carbocycles. The van der Waals surface area contributed by atoms with Gasteiger partial charge in [-0.25, -0.2) is 4.79 Å². The SMILES string of the molecule is Cc1ccc(N[C@H]2CCNC2)cc1C(=O)NC(C)c1ccc(C#CC2CCN(CCCCCC(=O)N3CCC(c4ccc5c(c4)n(C)c(=O)n5C4CCC(=O)NC4=O)CC3)CC2)c2ccccc12. The van der Waals surface area contributed by atoms with E-state index in [1.165, 1.54) is 4.57 Å². The van der Waals surface area contributed by atoms with Crippen LogP contribution in [0.25, 0.3) is 21.8 Å². The second-order valence-corrected chi connectivity index (χ2v) is 19.6. The molecule has 356 valence electrons. The lowest BCUT2D eigenvalue weighted by molar-refractivity contribution is -0.136. The van der Waals surface area contributed by atoms with Crippen molar-refractivity contribution in [3.63, 3.8) is 0 Å². The third-order valence-corrected chi connectivity index (χ3v) is 15.0. The summed E-state index contributed by atoms with van der Waals surface area (Å²) in [4.78, 5) is 69.0. The molecule has 4 aliphatic rings. The molecule has 2 unspecified atom stereocenters. The van der Waals surface area contributed by atoms with Crippen molar-refractivity contribution < 1.29 is 19.2 Å². The van der Waals surface area contributed by atoms with E-state index in [-0.39, 0.29) is 41.8 Å². The van der Waals surface area contributed by atoms with E-state index in [1.54, 1.807) is 11.6 Å². The molecule has 5 aromatic rings. The van der Waals surface area contributed by atoms with Crippen molar-refractivity contribution in [3.8, 4) is 11.8 Å². The molecule has 4 saturated heterocycles. The Morgan fingerprint density at radius 1 is 0.838 bits per heavy atom. The monoisotopic (exact) mass is 919 g/mol. The van der Waals surface area contributed by atoms with Gasteiger partial charge in [0.15, 0.2) is 0 Å². The quantitative estimate of drug-likeness (QED) is 0.0557. The first-order valence-electron chi connectivity index (χ1n) is 25.0. The van der Waals surface area contributed by atoms with Crippen LogP contribution in [0.2, 0.25) is 0 Å². The van der Waals surface area contributed by atoms with Crippen LogP contribution >= 0.6 is 0 Å². The number of nitrogens with zero attached hydrogens (tertiary/aromatic N) is 4. The van der Waals surface area contributed by atoms with Crippen LogP contribution in [-0.4, -0.2) is 94.4 Å². The number of rotatable bonds is 13. The summed E-state index contributed by atoms with van der Waals surface area (Å²) in [5.41, 5.74) is 7.06. The number of unbranched alkanes of at least 4 members (excludes halogenated alkanes) is 2. The number of benzene rings is 4. The van der Waals surface area contributed by atoms with Crippen LogP contribution in [0.15, 0.2) is 77.6 Å². The Hall–Kier alpha value is -6.23. The Kier molecular flexibility index (Phi) is 14.4. The predicted octanol–water partition coefficient (Wildman–Crippen LogP) is 7.07. The zero-order valence-electron chi connectivity index (χ0n) is 39.9. The number of likely N-dealkylation sites (tertiary alicyclic amines) is 2. The van der Waals surface area contributed by atoms with E-state index >= 15 is 0 Å². The molecule has 4 fully saturated rings. The maximum atomic E-state index is 13.6. The summed E-state index contributed by atoms with van der Waals surface area (Å²) in [6, 6.07) is 24.2. The molecule has 0 radical (unpaired) electrons. The Bertz CT molecular complexity index is 2810. The van der Waals surface area contributed by atoms with Gasteiger partial charge < -0.3 is 25.8 Å². The number of amides is 4. The second kappa shape index (κ2) is 21.0. The van der Waals surface area contributed by atoms with Crippen LogP contribution in [0, 0.1) is 24.7 Å². The lowest BCUT2D eigenvalue weighted by Gasteiger charge is -2.32. The van der Waals surface area contributed by atoms with Gasteiger partial charge >= 0.3 is 5.69 Å². The third-order valence-electron chi connectivity index (χ3n) is 15.0. The number of hydrogen-bond acceptors (Lipinski definition) is 8. The van der Waals surface area contributed by atoms with Gasteiger partial charge in [0.25, 0.3) is 5.91 Å². The first-order chi connectivity index (χ1) is 33.0. The molecule has 13 heteroatoms. The van der Waals surface area contributed by atoms with Crippen molar-refractivity contribution in [3.05, 3.63) is 111 Å². The van der Waals surface area contributed by atoms with Gasteiger partial charge in [-0.2, -0.15) is 0 Å². The summed E-state index contributed by atoms with van der Waals surface area (Å²) in [5, 5.41) is 14.8. The molecule has 0 aliphatic carbocycles. The van der Waals surface area contributed by atoms with Crippen LogP contribution in [0.1, 0.15) is 128 Å². The van der Waals surface area contributed by atoms with Crippen LogP contribution in [0.3, 0.4) is 0 Å². The van der Waals surface area contributed by atoms with E-state index in [0.717, 1.165) is 141 Å². The maximum absolute atomic E-state index is 13.6. The van der Waals surface area contributed by atoms with Gasteiger partial charge in [-0.15, -0.1) is 0 Å². The van der Waals surface area contributed by atoms with Crippen LogP contribution < -0.4 is 27.0 Å². The molecule has 4 amide bonds. The number of anilines is 1. The normalized spacial score (nSPS) is 20.0. The van der Waals surface area contributed by atoms with Crippen molar-refractivity contribution >= 4 is 51.1 Å². The molecule has 13 nitrogen and oxygen atoms in total. The zero-order chi connectivity index (χ0) is 47.3. The molecule has 4 N–H and O–H groups in total. The van der Waals surface area contributed by atoms with Gasteiger partial charge in [-0.1, -0.05) is 60.7 Å². The minimum atomic E-state index is -0.701. The summed E-state index contributed by atoms with van der Waals surface area (Å²) in [7, 11) is 1.72. The van der Waals surface area contributed by atoms with Crippen molar-refractivity contribution in [1.82, 2.24) is 34.9 Å². The molecule has 0 spiro atoms. The smallest absolute Gasteiger partial charge is 0.329 e. The Morgan fingerprint density at radius 2 is 1.63 bits per heavy atom. The fraction of sp³-hybridized carbons (Fsp3) is 0.473. The van der Waals surface area contributed by atoms with E-state index in [1.807, 2.05) is 36.1 Å². The Morgan fingerprint density at radius 3 is 2.40 bits per heavy atom. The highest BCUT2D eigenvalue weighted by molar-refractivity contribution is 6.00. The van der Waals surface area contributed by atoms with E-state index < -0.39 is 11.9 Å². The highest BCUT2D eigenvalue weighted by atomic mass is 16.2. The number of imidazole rings is 1. The predicted molar refractivity (Wildman–Crippen MR) is 268 cm³/mol. The molecule has 5 heterocycles. The number of nitrogens with one attached hydrogen (secondary N) is 4. The largest absolute Gasteiger partial charge is 0.381 e. The van der Waals surface area contributed by atoms with E-state index in [9.17, 15) is 24.0 Å². The number of aromatic nitrogens is 2. The third kappa shape index (κ3) is 10.4. The molecule has 1 aromatic heterocycles. The average Bonchev–Trinajstić information content (AvgIpc) is 3.96. The molecule has 68 heavy (non-hydrogen) atoms. The molecule has 0 bridgehead atoms. The maximum Gasteiger partial charge on any atom is 0.329 e. The van der Waals surface area contributed by atoms with Crippen molar-refractivity contribution in [1.29, 1.82) is 0 Å². The number of aryl methyl sites for hydroxylation is 2. The molecular formula is C55H66N8O5. The minimum Gasteiger partial charge on any atom is -0.381 e. The van der Waals surface area contributed by atoms with Crippen LogP contribution in [-0.2, 0) is 21.4 Å². The number of fused-ring (bicyclic) bond motifs is 2. The number of carbonyl (C=O) groups is 4. The molecule has 4 aliphatic heterocycles. The Labute approximate surface area is 399 Å². The zero-order valence-corrected chi connectivity index (χ0v) is 39.9. The molecule has 3 atom stereocenters. The first-order valence-corrected chi connectivity index (χ1v) is 25.0. The van der Waals surface area contributed by atoms with E-state index in [0.29, 0.717) is 35.9 Å². The standard InChI is InChI=1S/C55H66N8O5/c1-36-12-17-42(58-43-22-27-56-35-43)34-47(36)53(66)57-37(2)44-18-15-40(45-9-6-7-10-46(44)45)14-13-38-23-29-61(30-24-38)28-8-4-5-11-52(65)62-31-25-39(26-32-62)41-16-19-48-50(33-41)60(3)55(68)63(48)49-20-21-51(64)59-54(49)67/h6-7,9-10,12,15-19,33-34,37-39,43,49,56,58H,4-5,8,11,20-32,35H2,1-3H3,(H,57,66)(H,59,64,67)/t37?,43-,49?/m0/s1. The van der Waals surface area contributed by atoms with Gasteiger partial charge in [0.05, 0.1) is 17.1 Å². The van der Waals surface area contributed by atoms with Gasteiger partial charge in [0.1, 0.15) is 6.04 Å². The highest BCUT2D eigenvalue weighted by Crippen LogP contribution is 2.33. The average molecular weight is 919 g/mol.